The van der Waals surface area contributed by atoms with Gasteiger partial charge in [0.1, 0.15) is 0 Å². The van der Waals surface area contributed by atoms with E-state index in [1.54, 1.807) is 4.90 Å². The molecule has 3 atom stereocenters. The Morgan fingerprint density at radius 2 is 1.70 bits per heavy atom. The standard InChI is InChI=1S/C24H35N3O3/c1-17-5-4-6-18(13-17)14-23(28)26-11-9-21(10-12-26)30-22-15-19-7-8-20(16-22)27(19)24(29)25(2)3/h4-6,13,19-22H,7-12,14-16H2,1-3H3/t19-,20+,22?. The number of benzene rings is 1. The maximum atomic E-state index is 12.7. The van der Waals surface area contributed by atoms with Crippen LogP contribution in [0.1, 0.15) is 49.7 Å². The third kappa shape index (κ3) is 4.64. The molecule has 2 bridgehead atoms. The van der Waals surface area contributed by atoms with Crippen molar-refractivity contribution in [3.05, 3.63) is 35.4 Å². The van der Waals surface area contributed by atoms with Crippen LogP contribution in [0.25, 0.3) is 0 Å². The SMILES string of the molecule is Cc1cccc(CC(=O)N2CCC(OC3C[C@H]4CC[C@@H](C3)N4C(=O)N(C)C)CC2)c1. The van der Waals surface area contributed by atoms with Crippen molar-refractivity contribution >= 4 is 11.9 Å². The van der Waals surface area contributed by atoms with Crippen LogP contribution in [-0.4, -0.2) is 78.1 Å². The summed E-state index contributed by atoms with van der Waals surface area (Å²) in [6, 6.07) is 8.98. The Hall–Kier alpha value is -2.08. The van der Waals surface area contributed by atoms with Crippen LogP contribution < -0.4 is 0 Å². The topological polar surface area (TPSA) is 53.1 Å². The number of hydrogen-bond acceptors (Lipinski definition) is 3. The summed E-state index contributed by atoms with van der Waals surface area (Å²) in [7, 11) is 3.66. The first-order chi connectivity index (χ1) is 14.4. The molecule has 6 heteroatoms. The van der Waals surface area contributed by atoms with Crippen molar-refractivity contribution in [1.29, 1.82) is 0 Å². The summed E-state index contributed by atoms with van der Waals surface area (Å²) in [5.41, 5.74) is 2.28. The van der Waals surface area contributed by atoms with Gasteiger partial charge >= 0.3 is 6.03 Å². The zero-order valence-corrected chi connectivity index (χ0v) is 18.5. The van der Waals surface area contributed by atoms with E-state index < -0.39 is 0 Å². The summed E-state index contributed by atoms with van der Waals surface area (Å²) in [5, 5.41) is 0. The molecule has 3 fully saturated rings. The molecule has 4 rings (SSSR count). The second-order valence-electron chi connectivity index (χ2n) is 9.44. The molecule has 0 aromatic heterocycles. The Morgan fingerprint density at radius 1 is 1.03 bits per heavy atom. The maximum absolute atomic E-state index is 12.7. The molecule has 1 unspecified atom stereocenters. The van der Waals surface area contributed by atoms with Crippen molar-refractivity contribution < 1.29 is 14.3 Å². The highest BCUT2D eigenvalue weighted by Crippen LogP contribution is 2.38. The van der Waals surface area contributed by atoms with Gasteiger partial charge in [0, 0.05) is 39.3 Å². The highest BCUT2D eigenvalue weighted by atomic mass is 16.5. The number of carbonyl (C=O) groups excluding carboxylic acids is 2. The van der Waals surface area contributed by atoms with Crippen LogP contribution in [-0.2, 0) is 16.0 Å². The van der Waals surface area contributed by atoms with Gasteiger partial charge in [-0.05, 0) is 51.0 Å². The molecule has 1 aromatic rings. The Kier molecular flexibility index (Phi) is 6.32. The number of amides is 3. The quantitative estimate of drug-likeness (QED) is 0.762. The molecular weight excluding hydrogens is 378 g/mol. The Balaban J connectivity index is 1.24. The van der Waals surface area contributed by atoms with Crippen molar-refractivity contribution in [3.63, 3.8) is 0 Å². The second kappa shape index (κ2) is 8.96. The molecule has 3 heterocycles. The minimum atomic E-state index is 0.140. The van der Waals surface area contributed by atoms with Crippen LogP contribution >= 0.6 is 0 Å². The number of nitrogens with zero attached hydrogens (tertiary/aromatic N) is 3. The van der Waals surface area contributed by atoms with Gasteiger partial charge in [-0.25, -0.2) is 4.79 Å². The first kappa shape index (κ1) is 21.2. The van der Waals surface area contributed by atoms with E-state index in [2.05, 4.69) is 24.0 Å². The Bertz CT molecular complexity index is 759. The number of likely N-dealkylation sites (tertiary alicyclic amines) is 1. The molecule has 3 aliphatic heterocycles. The summed E-state index contributed by atoms with van der Waals surface area (Å²) in [6.45, 7) is 3.62. The lowest BCUT2D eigenvalue weighted by molar-refractivity contribution is -0.134. The normalized spacial score (nSPS) is 26.7. The number of hydrogen-bond donors (Lipinski definition) is 0. The minimum absolute atomic E-state index is 0.140. The lowest BCUT2D eigenvalue weighted by Gasteiger charge is -2.42. The van der Waals surface area contributed by atoms with Crippen molar-refractivity contribution in [2.45, 2.75) is 76.2 Å². The molecule has 0 spiro atoms. The van der Waals surface area contributed by atoms with Gasteiger partial charge in [-0.15, -0.1) is 0 Å². The number of urea groups is 1. The fraction of sp³-hybridized carbons (Fsp3) is 0.667. The molecule has 3 amide bonds. The summed E-state index contributed by atoms with van der Waals surface area (Å²) in [4.78, 5) is 30.9. The van der Waals surface area contributed by atoms with E-state index >= 15 is 0 Å². The van der Waals surface area contributed by atoms with Crippen LogP contribution in [0.15, 0.2) is 24.3 Å². The molecule has 0 aliphatic carbocycles. The molecule has 1 aromatic carbocycles. The number of ether oxygens (including phenoxy) is 1. The zero-order valence-electron chi connectivity index (χ0n) is 18.5. The van der Waals surface area contributed by atoms with Crippen LogP contribution in [0.3, 0.4) is 0 Å². The second-order valence-corrected chi connectivity index (χ2v) is 9.44. The highest BCUT2D eigenvalue weighted by molar-refractivity contribution is 5.79. The third-order valence-corrected chi connectivity index (χ3v) is 6.91. The van der Waals surface area contributed by atoms with E-state index in [9.17, 15) is 9.59 Å². The number of carbonyl (C=O) groups is 2. The van der Waals surface area contributed by atoms with E-state index in [0.29, 0.717) is 18.5 Å². The molecule has 164 valence electrons. The van der Waals surface area contributed by atoms with E-state index in [4.69, 9.17) is 4.74 Å². The van der Waals surface area contributed by atoms with Crippen molar-refractivity contribution in [3.8, 4) is 0 Å². The first-order valence-electron chi connectivity index (χ1n) is 11.4. The molecule has 3 aliphatic rings. The number of piperidine rings is 2. The van der Waals surface area contributed by atoms with Gasteiger partial charge in [0.05, 0.1) is 18.6 Å². The molecule has 30 heavy (non-hydrogen) atoms. The monoisotopic (exact) mass is 413 g/mol. The summed E-state index contributed by atoms with van der Waals surface area (Å²) >= 11 is 0. The van der Waals surface area contributed by atoms with E-state index in [-0.39, 0.29) is 24.1 Å². The lowest BCUT2D eigenvalue weighted by Crippen LogP contribution is -2.52. The summed E-state index contributed by atoms with van der Waals surface area (Å²) < 4.78 is 6.47. The summed E-state index contributed by atoms with van der Waals surface area (Å²) in [6.07, 6.45) is 6.85. The smallest absolute Gasteiger partial charge is 0.319 e. The van der Waals surface area contributed by atoms with Crippen molar-refractivity contribution in [2.24, 2.45) is 0 Å². The zero-order chi connectivity index (χ0) is 21.3. The average molecular weight is 414 g/mol. The van der Waals surface area contributed by atoms with Crippen molar-refractivity contribution in [2.75, 3.05) is 27.2 Å². The van der Waals surface area contributed by atoms with Gasteiger partial charge in [0.2, 0.25) is 5.91 Å². The molecule has 3 saturated heterocycles. The lowest BCUT2D eigenvalue weighted by atomic mass is 9.98. The van der Waals surface area contributed by atoms with E-state index in [0.717, 1.165) is 57.2 Å². The molecule has 0 N–H and O–H groups in total. The summed E-state index contributed by atoms with van der Waals surface area (Å²) in [5.74, 6) is 0.215. The van der Waals surface area contributed by atoms with Gasteiger partial charge < -0.3 is 19.4 Å². The number of aryl methyl sites for hydroxylation is 1. The molecular formula is C24H35N3O3. The van der Waals surface area contributed by atoms with E-state index in [1.807, 2.05) is 31.1 Å². The van der Waals surface area contributed by atoms with Gasteiger partial charge in [-0.1, -0.05) is 29.8 Å². The maximum Gasteiger partial charge on any atom is 0.319 e. The van der Waals surface area contributed by atoms with Gasteiger partial charge in [-0.3, -0.25) is 4.79 Å². The van der Waals surface area contributed by atoms with Crippen LogP contribution in [0.5, 0.6) is 0 Å². The van der Waals surface area contributed by atoms with Crippen molar-refractivity contribution in [1.82, 2.24) is 14.7 Å². The van der Waals surface area contributed by atoms with Crippen LogP contribution in [0.2, 0.25) is 0 Å². The fourth-order valence-electron chi connectivity index (χ4n) is 5.40. The number of rotatable bonds is 4. The highest BCUT2D eigenvalue weighted by Gasteiger charge is 2.44. The van der Waals surface area contributed by atoms with Crippen LogP contribution in [0.4, 0.5) is 4.79 Å². The predicted molar refractivity (Wildman–Crippen MR) is 116 cm³/mol. The molecule has 0 saturated carbocycles. The van der Waals surface area contributed by atoms with Crippen LogP contribution in [0, 0.1) is 6.92 Å². The minimum Gasteiger partial charge on any atom is -0.375 e. The molecule has 6 nitrogen and oxygen atoms in total. The number of fused-ring (bicyclic) bond motifs is 2. The van der Waals surface area contributed by atoms with Gasteiger partial charge in [0.15, 0.2) is 0 Å². The van der Waals surface area contributed by atoms with Gasteiger partial charge in [0.25, 0.3) is 0 Å². The Morgan fingerprint density at radius 3 is 2.30 bits per heavy atom. The average Bonchev–Trinajstić information content (AvgIpc) is 2.98. The fourth-order valence-corrected chi connectivity index (χ4v) is 5.40. The molecule has 0 radical (unpaired) electrons. The van der Waals surface area contributed by atoms with Gasteiger partial charge in [-0.2, -0.15) is 0 Å². The first-order valence-corrected chi connectivity index (χ1v) is 11.4. The largest absolute Gasteiger partial charge is 0.375 e. The third-order valence-electron chi connectivity index (χ3n) is 6.91. The predicted octanol–water partition coefficient (Wildman–Crippen LogP) is 3.22. The van der Waals surface area contributed by atoms with E-state index in [1.165, 1.54) is 5.56 Å². The Labute approximate surface area is 180 Å².